The zero-order valence-electron chi connectivity index (χ0n) is 9.71. The van der Waals surface area contributed by atoms with Crippen LogP contribution in [0.5, 0.6) is 0 Å². The Bertz CT molecular complexity index is 581. The summed E-state index contributed by atoms with van der Waals surface area (Å²) in [5, 5.41) is 9.89. The maximum Gasteiger partial charge on any atom is 0.131 e. The molecule has 0 fully saturated rings. The van der Waals surface area contributed by atoms with Gasteiger partial charge in [0.1, 0.15) is 17.5 Å². The number of aliphatic hydroxyl groups is 1. The lowest BCUT2D eigenvalue weighted by Gasteiger charge is -2.13. The van der Waals surface area contributed by atoms with Gasteiger partial charge in [-0.05, 0) is 35.9 Å². The normalized spacial score (nSPS) is 12.5. The SMILES string of the molecule is OC(Cc1cc(Br)ccc1F)c1c(F)cccc1F. The Morgan fingerprint density at radius 3 is 2.26 bits per heavy atom. The topological polar surface area (TPSA) is 20.2 Å². The van der Waals surface area contributed by atoms with E-state index in [4.69, 9.17) is 0 Å². The fourth-order valence-electron chi connectivity index (χ4n) is 1.84. The van der Waals surface area contributed by atoms with E-state index in [1.807, 2.05) is 0 Å². The number of hydrogen-bond donors (Lipinski definition) is 1. The lowest BCUT2D eigenvalue weighted by molar-refractivity contribution is 0.167. The molecule has 2 aromatic carbocycles. The first-order chi connectivity index (χ1) is 8.99. The molecule has 0 spiro atoms. The number of hydrogen-bond acceptors (Lipinski definition) is 1. The van der Waals surface area contributed by atoms with Crippen LogP contribution in [0, 0.1) is 17.5 Å². The number of aliphatic hydroxyl groups excluding tert-OH is 1. The summed E-state index contributed by atoms with van der Waals surface area (Å²) in [5.74, 6) is -2.22. The van der Waals surface area contributed by atoms with Crippen LogP contribution in [-0.2, 0) is 6.42 Å². The Labute approximate surface area is 116 Å². The molecular formula is C14H10BrF3O. The summed E-state index contributed by atoms with van der Waals surface area (Å²) in [5.41, 5.74) is -0.258. The molecule has 0 radical (unpaired) electrons. The summed E-state index contributed by atoms with van der Waals surface area (Å²) in [6.07, 6.45) is -1.65. The zero-order valence-corrected chi connectivity index (χ0v) is 11.3. The molecule has 0 aliphatic heterocycles. The average molecular weight is 331 g/mol. The molecule has 5 heteroatoms. The molecule has 1 unspecified atom stereocenters. The van der Waals surface area contributed by atoms with Crippen LogP contribution < -0.4 is 0 Å². The molecule has 0 aromatic heterocycles. The molecule has 1 atom stereocenters. The van der Waals surface area contributed by atoms with Crippen molar-refractivity contribution in [2.75, 3.05) is 0 Å². The number of halogens is 4. The maximum absolute atomic E-state index is 13.5. The molecule has 0 bridgehead atoms. The van der Waals surface area contributed by atoms with Gasteiger partial charge in [0.15, 0.2) is 0 Å². The zero-order chi connectivity index (χ0) is 14.0. The van der Waals surface area contributed by atoms with Crippen molar-refractivity contribution in [2.24, 2.45) is 0 Å². The summed E-state index contributed by atoms with van der Waals surface area (Å²) in [4.78, 5) is 0. The van der Waals surface area contributed by atoms with Crippen molar-refractivity contribution in [1.29, 1.82) is 0 Å². The molecule has 0 heterocycles. The molecule has 0 aliphatic carbocycles. The Morgan fingerprint density at radius 2 is 1.63 bits per heavy atom. The highest BCUT2D eigenvalue weighted by Crippen LogP contribution is 2.26. The van der Waals surface area contributed by atoms with Crippen LogP contribution in [0.25, 0.3) is 0 Å². The molecule has 0 amide bonds. The van der Waals surface area contributed by atoms with E-state index >= 15 is 0 Å². The van der Waals surface area contributed by atoms with Crippen molar-refractivity contribution in [2.45, 2.75) is 12.5 Å². The van der Waals surface area contributed by atoms with Crippen LogP contribution in [0.3, 0.4) is 0 Å². The Kier molecular flexibility index (Phi) is 4.27. The number of rotatable bonds is 3. The standard InChI is InChI=1S/C14H10BrF3O/c15-9-4-5-10(16)8(6-9)7-13(19)14-11(17)2-1-3-12(14)18/h1-6,13,19H,7H2. The van der Waals surface area contributed by atoms with Gasteiger partial charge in [0.2, 0.25) is 0 Å². The molecule has 0 aliphatic rings. The maximum atomic E-state index is 13.5. The lowest BCUT2D eigenvalue weighted by atomic mass is 10.00. The average Bonchev–Trinajstić information content (AvgIpc) is 2.33. The van der Waals surface area contributed by atoms with Crippen LogP contribution in [0.2, 0.25) is 0 Å². The first kappa shape index (κ1) is 14.1. The second kappa shape index (κ2) is 5.75. The highest BCUT2D eigenvalue weighted by molar-refractivity contribution is 9.10. The minimum absolute atomic E-state index is 0.185. The van der Waals surface area contributed by atoms with Gasteiger partial charge in [-0.15, -0.1) is 0 Å². The molecule has 1 nitrogen and oxygen atoms in total. The van der Waals surface area contributed by atoms with Gasteiger partial charge in [-0.3, -0.25) is 0 Å². The van der Waals surface area contributed by atoms with Gasteiger partial charge in [-0.1, -0.05) is 22.0 Å². The summed E-state index contributed by atoms with van der Waals surface area (Å²) in [6.45, 7) is 0. The van der Waals surface area contributed by atoms with Crippen LogP contribution in [0.4, 0.5) is 13.2 Å². The van der Waals surface area contributed by atoms with Gasteiger partial charge in [-0.25, -0.2) is 13.2 Å². The van der Waals surface area contributed by atoms with Crippen molar-refractivity contribution in [3.05, 3.63) is 69.4 Å². The summed E-state index contributed by atoms with van der Waals surface area (Å²) in [7, 11) is 0. The second-order valence-electron chi connectivity index (χ2n) is 4.09. The van der Waals surface area contributed by atoms with Gasteiger partial charge in [0.05, 0.1) is 11.7 Å². The van der Waals surface area contributed by atoms with Crippen LogP contribution in [0.1, 0.15) is 17.2 Å². The number of benzene rings is 2. The van der Waals surface area contributed by atoms with Gasteiger partial charge in [0.25, 0.3) is 0 Å². The van der Waals surface area contributed by atoms with Gasteiger partial charge >= 0.3 is 0 Å². The fraction of sp³-hybridized carbons (Fsp3) is 0.143. The predicted molar refractivity (Wildman–Crippen MR) is 69.1 cm³/mol. The van der Waals surface area contributed by atoms with Crippen LogP contribution in [-0.4, -0.2) is 5.11 Å². The minimum atomic E-state index is -1.44. The molecule has 19 heavy (non-hydrogen) atoms. The second-order valence-corrected chi connectivity index (χ2v) is 5.01. The van der Waals surface area contributed by atoms with Crippen molar-refractivity contribution in [3.8, 4) is 0 Å². The smallest absolute Gasteiger partial charge is 0.131 e. The highest BCUT2D eigenvalue weighted by Gasteiger charge is 2.19. The monoisotopic (exact) mass is 330 g/mol. The largest absolute Gasteiger partial charge is 0.388 e. The van der Waals surface area contributed by atoms with Crippen LogP contribution in [0.15, 0.2) is 40.9 Å². The third-order valence-corrected chi connectivity index (χ3v) is 3.25. The van der Waals surface area contributed by atoms with Gasteiger partial charge in [0, 0.05) is 10.9 Å². The van der Waals surface area contributed by atoms with Crippen LogP contribution >= 0.6 is 15.9 Å². The van der Waals surface area contributed by atoms with Gasteiger partial charge < -0.3 is 5.11 Å². The third kappa shape index (κ3) is 3.16. The van der Waals surface area contributed by atoms with E-state index in [1.54, 1.807) is 0 Å². The van der Waals surface area contributed by atoms with Crippen molar-refractivity contribution in [1.82, 2.24) is 0 Å². The van der Waals surface area contributed by atoms with Crippen molar-refractivity contribution < 1.29 is 18.3 Å². The predicted octanol–water partition coefficient (Wildman–Crippen LogP) is 4.14. The third-order valence-electron chi connectivity index (χ3n) is 2.75. The van der Waals surface area contributed by atoms with E-state index in [0.29, 0.717) is 4.47 Å². The van der Waals surface area contributed by atoms with Crippen molar-refractivity contribution >= 4 is 15.9 Å². The minimum Gasteiger partial charge on any atom is -0.388 e. The Morgan fingerprint density at radius 1 is 1.00 bits per heavy atom. The summed E-state index contributed by atoms with van der Waals surface area (Å²) >= 11 is 3.17. The van der Waals surface area contributed by atoms with Gasteiger partial charge in [-0.2, -0.15) is 0 Å². The Hall–Kier alpha value is -1.33. The van der Waals surface area contributed by atoms with E-state index in [1.165, 1.54) is 24.3 Å². The van der Waals surface area contributed by atoms with E-state index in [-0.39, 0.29) is 12.0 Å². The first-order valence-electron chi connectivity index (χ1n) is 5.55. The molecule has 0 saturated heterocycles. The molecular weight excluding hydrogens is 321 g/mol. The van der Waals surface area contributed by atoms with E-state index in [0.717, 1.165) is 12.1 Å². The van der Waals surface area contributed by atoms with Crippen molar-refractivity contribution in [3.63, 3.8) is 0 Å². The molecule has 1 N–H and O–H groups in total. The highest BCUT2D eigenvalue weighted by atomic mass is 79.9. The Balaban J connectivity index is 2.31. The summed E-state index contributed by atoms with van der Waals surface area (Å²) in [6, 6.07) is 7.52. The van der Waals surface area contributed by atoms with E-state index in [2.05, 4.69) is 15.9 Å². The quantitative estimate of drug-likeness (QED) is 0.896. The van der Waals surface area contributed by atoms with E-state index < -0.39 is 29.1 Å². The fourth-order valence-corrected chi connectivity index (χ4v) is 2.25. The first-order valence-corrected chi connectivity index (χ1v) is 6.34. The summed E-state index contributed by atoms with van der Waals surface area (Å²) < 4.78 is 41.1. The lowest BCUT2D eigenvalue weighted by Crippen LogP contribution is -2.08. The molecule has 0 saturated carbocycles. The molecule has 2 rings (SSSR count). The molecule has 100 valence electrons. The van der Waals surface area contributed by atoms with E-state index in [9.17, 15) is 18.3 Å². The molecule has 2 aromatic rings.